The highest BCUT2D eigenvalue weighted by molar-refractivity contribution is 5.05. The van der Waals surface area contributed by atoms with Gasteiger partial charge in [0.25, 0.3) is 0 Å². The van der Waals surface area contributed by atoms with Crippen molar-refractivity contribution in [3.05, 3.63) is 18.6 Å². The Balaban J connectivity index is 1.92. The third kappa shape index (κ3) is 2.15. The monoisotopic (exact) mass is 179 g/mol. The summed E-state index contributed by atoms with van der Waals surface area (Å²) in [6.07, 6.45) is 4.58. The Morgan fingerprint density at radius 1 is 1.62 bits per heavy atom. The lowest BCUT2D eigenvalue weighted by molar-refractivity contribution is 0.200. The second-order valence-electron chi connectivity index (χ2n) is 3.34. The highest BCUT2D eigenvalue weighted by Crippen LogP contribution is 2.13. The minimum atomic E-state index is 0.292. The molecule has 1 unspecified atom stereocenters. The van der Waals surface area contributed by atoms with Gasteiger partial charge in [0.2, 0.25) is 5.88 Å². The number of hydrogen-bond acceptors (Lipinski definition) is 4. The van der Waals surface area contributed by atoms with Crippen molar-refractivity contribution < 1.29 is 4.74 Å². The van der Waals surface area contributed by atoms with E-state index in [4.69, 9.17) is 4.74 Å². The van der Waals surface area contributed by atoms with Gasteiger partial charge in [-0.2, -0.15) is 0 Å². The molecule has 0 saturated carbocycles. The first-order valence-electron chi connectivity index (χ1n) is 4.46. The maximum Gasteiger partial charge on any atom is 0.216 e. The van der Waals surface area contributed by atoms with Gasteiger partial charge in [-0.1, -0.05) is 0 Å². The average molecular weight is 179 g/mol. The van der Waals surface area contributed by atoms with Gasteiger partial charge in [0.1, 0.15) is 12.4 Å². The Morgan fingerprint density at radius 2 is 2.54 bits per heavy atom. The molecule has 1 aromatic heterocycles. The summed E-state index contributed by atoms with van der Waals surface area (Å²) in [5.74, 6) is 0.676. The maximum atomic E-state index is 5.65. The summed E-state index contributed by atoms with van der Waals surface area (Å²) in [6, 6.07) is 1.79. The minimum Gasteiger partial charge on any atom is -0.473 e. The molecular formula is C9H13N3O. The highest BCUT2D eigenvalue weighted by atomic mass is 16.5. The Kier molecular flexibility index (Phi) is 2.40. The molecule has 0 amide bonds. The maximum absolute atomic E-state index is 5.65. The lowest BCUT2D eigenvalue weighted by Crippen LogP contribution is -2.21. The predicted molar refractivity (Wildman–Crippen MR) is 48.6 cm³/mol. The molecule has 4 nitrogen and oxygen atoms in total. The van der Waals surface area contributed by atoms with Crippen LogP contribution in [0.1, 0.15) is 6.42 Å². The molecule has 0 N–H and O–H groups in total. The van der Waals surface area contributed by atoms with Crippen LogP contribution in [0.5, 0.6) is 5.88 Å². The molecule has 1 aliphatic rings. The summed E-state index contributed by atoms with van der Waals surface area (Å²) >= 11 is 0. The summed E-state index contributed by atoms with van der Waals surface area (Å²) in [5.41, 5.74) is 0. The van der Waals surface area contributed by atoms with Gasteiger partial charge in [0.15, 0.2) is 0 Å². The van der Waals surface area contributed by atoms with Crippen LogP contribution in [-0.2, 0) is 0 Å². The van der Waals surface area contributed by atoms with Crippen LogP contribution in [0.15, 0.2) is 18.6 Å². The summed E-state index contributed by atoms with van der Waals surface area (Å²) in [7, 11) is 2.10. The first kappa shape index (κ1) is 8.44. The van der Waals surface area contributed by atoms with Crippen molar-refractivity contribution in [1.82, 2.24) is 14.9 Å². The number of rotatable bonds is 2. The van der Waals surface area contributed by atoms with Gasteiger partial charge in [0, 0.05) is 25.4 Å². The SMILES string of the molecule is CN1CCC(Oc2ccncn2)C1. The van der Waals surface area contributed by atoms with Crippen molar-refractivity contribution in [3.63, 3.8) is 0 Å². The van der Waals surface area contributed by atoms with Crippen LogP contribution >= 0.6 is 0 Å². The van der Waals surface area contributed by atoms with Gasteiger partial charge in [-0.25, -0.2) is 9.97 Å². The fourth-order valence-electron chi connectivity index (χ4n) is 1.51. The minimum absolute atomic E-state index is 0.292. The zero-order valence-electron chi connectivity index (χ0n) is 7.68. The van der Waals surface area contributed by atoms with E-state index >= 15 is 0 Å². The molecule has 13 heavy (non-hydrogen) atoms. The fourth-order valence-corrected chi connectivity index (χ4v) is 1.51. The van der Waals surface area contributed by atoms with Gasteiger partial charge in [0.05, 0.1) is 0 Å². The Morgan fingerprint density at radius 3 is 3.15 bits per heavy atom. The molecule has 1 fully saturated rings. The Labute approximate surface area is 77.6 Å². The quantitative estimate of drug-likeness (QED) is 0.665. The summed E-state index contributed by atoms with van der Waals surface area (Å²) in [4.78, 5) is 10.1. The van der Waals surface area contributed by atoms with E-state index in [1.165, 1.54) is 6.33 Å². The van der Waals surface area contributed by atoms with Crippen LogP contribution in [0, 0.1) is 0 Å². The molecule has 0 bridgehead atoms. The van der Waals surface area contributed by atoms with Crippen molar-refractivity contribution >= 4 is 0 Å². The van der Waals surface area contributed by atoms with Crippen molar-refractivity contribution in [2.24, 2.45) is 0 Å². The van der Waals surface area contributed by atoms with E-state index in [1.807, 2.05) is 0 Å². The van der Waals surface area contributed by atoms with Crippen molar-refractivity contribution in [3.8, 4) is 5.88 Å². The second kappa shape index (κ2) is 3.70. The molecule has 1 saturated heterocycles. The molecule has 1 atom stereocenters. The molecule has 0 spiro atoms. The first-order chi connectivity index (χ1) is 6.34. The van der Waals surface area contributed by atoms with Crippen LogP contribution in [0.2, 0.25) is 0 Å². The smallest absolute Gasteiger partial charge is 0.216 e. The molecular weight excluding hydrogens is 166 g/mol. The molecule has 2 rings (SSSR count). The molecule has 0 aliphatic carbocycles. The lowest BCUT2D eigenvalue weighted by Gasteiger charge is -2.11. The number of ether oxygens (including phenoxy) is 1. The average Bonchev–Trinajstić information content (AvgIpc) is 2.53. The summed E-state index contributed by atoms with van der Waals surface area (Å²) in [6.45, 7) is 2.10. The van der Waals surface area contributed by atoms with Crippen molar-refractivity contribution in [1.29, 1.82) is 0 Å². The number of likely N-dealkylation sites (N-methyl/N-ethyl adjacent to an activating group) is 1. The second-order valence-corrected chi connectivity index (χ2v) is 3.34. The van der Waals surface area contributed by atoms with Gasteiger partial charge < -0.3 is 9.64 Å². The number of likely N-dealkylation sites (tertiary alicyclic amines) is 1. The van der Waals surface area contributed by atoms with E-state index in [9.17, 15) is 0 Å². The molecule has 0 aromatic carbocycles. The molecule has 1 aromatic rings. The third-order valence-electron chi connectivity index (χ3n) is 2.19. The number of aromatic nitrogens is 2. The summed E-state index contributed by atoms with van der Waals surface area (Å²) < 4.78 is 5.65. The van der Waals surface area contributed by atoms with Crippen LogP contribution < -0.4 is 4.74 Å². The lowest BCUT2D eigenvalue weighted by atomic mass is 10.3. The van der Waals surface area contributed by atoms with E-state index in [2.05, 4.69) is 21.9 Å². The largest absolute Gasteiger partial charge is 0.473 e. The first-order valence-corrected chi connectivity index (χ1v) is 4.46. The van der Waals surface area contributed by atoms with Crippen LogP contribution in [0.4, 0.5) is 0 Å². The number of nitrogens with zero attached hydrogens (tertiary/aromatic N) is 3. The van der Waals surface area contributed by atoms with E-state index in [0.29, 0.717) is 12.0 Å². The molecule has 0 radical (unpaired) electrons. The summed E-state index contributed by atoms with van der Waals surface area (Å²) in [5, 5.41) is 0. The van der Waals surface area contributed by atoms with E-state index in [1.54, 1.807) is 12.3 Å². The standard InChI is InChI=1S/C9H13N3O/c1-12-5-3-8(6-12)13-9-2-4-10-7-11-9/h2,4,7-8H,3,5-6H2,1H3. The molecule has 4 heteroatoms. The normalized spacial score (nSPS) is 23.3. The topological polar surface area (TPSA) is 38.2 Å². The van der Waals surface area contributed by atoms with Gasteiger partial charge in [-0.3, -0.25) is 0 Å². The fraction of sp³-hybridized carbons (Fsp3) is 0.556. The van der Waals surface area contributed by atoms with Crippen LogP contribution in [0.25, 0.3) is 0 Å². The van der Waals surface area contributed by atoms with Gasteiger partial charge >= 0.3 is 0 Å². The van der Waals surface area contributed by atoms with Crippen molar-refractivity contribution in [2.75, 3.05) is 20.1 Å². The Bertz CT molecular complexity index is 265. The van der Waals surface area contributed by atoms with Crippen LogP contribution in [-0.4, -0.2) is 41.1 Å². The molecule has 2 heterocycles. The zero-order valence-corrected chi connectivity index (χ0v) is 7.68. The van der Waals surface area contributed by atoms with E-state index in [-0.39, 0.29) is 0 Å². The zero-order chi connectivity index (χ0) is 9.10. The van der Waals surface area contributed by atoms with Crippen molar-refractivity contribution in [2.45, 2.75) is 12.5 Å². The Hall–Kier alpha value is -1.16. The van der Waals surface area contributed by atoms with Gasteiger partial charge in [-0.15, -0.1) is 0 Å². The third-order valence-corrected chi connectivity index (χ3v) is 2.19. The molecule has 1 aliphatic heterocycles. The highest BCUT2D eigenvalue weighted by Gasteiger charge is 2.20. The number of hydrogen-bond donors (Lipinski definition) is 0. The van der Waals surface area contributed by atoms with Gasteiger partial charge in [-0.05, 0) is 13.5 Å². The van der Waals surface area contributed by atoms with Crippen LogP contribution in [0.3, 0.4) is 0 Å². The predicted octanol–water partition coefficient (Wildman–Crippen LogP) is 0.560. The molecule has 70 valence electrons. The van der Waals surface area contributed by atoms with E-state index < -0.39 is 0 Å². The van der Waals surface area contributed by atoms with E-state index in [0.717, 1.165) is 19.5 Å².